The Morgan fingerprint density at radius 1 is 1.09 bits per heavy atom. The third kappa shape index (κ3) is 3.10. The summed E-state index contributed by atoms with van der Waals surface area (Å²) in [7, 11) is 1.61. The Morgan fingerprint density at radius 2 is 1.89 bits per heavy atom. The molecule has 0 atom stereocenters. The maximum absolute atomic E-state index is 11.7. The SMILES string of the molecule is COc1cc2c(cc1-c1c(C)noc1C)[nH]c1ncnc(-c3ccc(C(=O)O)c4c3OCCO4)c12. The van der Waals surface area contributed by atoms with Crippen LogP contribution in [0.3, 0.4) is 0 Å². The molecule has 0 amide bonds. The van der Waals surface area contributed by atoms with Gasteiger partial charge in [0.1, 0.15) is 42.3 Å². The first kappa shape index (κ1) is 21.0. The summed E-state index contributed by atoms with van der Waals surface area (Å²) in [6.07, 6.45) is 1.46. The van der Waals surface area contributed by atoms with Gasteiger partial charge in [-0.05, 0) is 38.1 Å². The smallest absolute Gasteiger partial charge is 0.339 e. The fourth-order valence-electron chi connectivity index (χ4n) is 4.68. The predicted octanol–water partition coefficient (Wildman–Crippen LogP) is 4.53. The van der Waals surface area contributed by atoms with E-state index >= 15 is 0 Å². The average Bonchev–Trinajstić information content (AvgIpc) is 3.40. The topological polar surface area (TPSA) is 133 Å². The lowest BCUT2D eigenvalue weighted by Crippen LogP contribution is -2.18. The second-order valence-electron chi connectivity index (χ2n) is 8.19. The number of fused-ring (bicyclic) bond motifs is 4. The van der Waals surface area contributed by atoms with Crippen LogP contribution in [0.2, 0.25) is 0 Å². The highest BCUT2D eigenvalue weighted by atomic mass is 16.6. The van der Waals surface area contributed by atoms with Crippen LogP contribution in [0.4, 0.5) is 0 Å². The van der Waals surface area contributed by atoms with Crippen molar-refractivity contribution >= 4 is 27.9 Å². The van der Waals surface area contributed by atoms with Gasteiger partial charge in [-0.25, -0.2) is 14.8 Å². The van der Waals surface area contributed by atoms with E-state index in [4.69, 9.17) is 18.7 Å². The fourth-order valence-corrected chi connectivity index (χ4v) is 4.68. The van der Waals surface area contributed by atoms with Crippen LogP contribution in [0.25, 0.3) is 44.3 Å². The number of carbonyl (C=O) groups is 1. The van der Waals surface area contributed by atoms with Crippen molar-refractivity contribution in [1.29, 1.82) is 0 Å². The van der Waals surface area contributed by atoms with Crippen LogP contribution in [-0.2, 0) is 0 Å². The van der Waals surface area contributed by atoms with Gasteiger partial charge in [-0.1, -0.05) is 5.16 Å². The van der Waals surface area contributed by atoms with E-state index in [0.717, 1.165) is 33.1 Å². The zero-order chi connectivity index (χ0) is 24.3. The van der Waals surface area contributed by atoms with Crippen molar-refractivity contribution in [3.8, 4) is 39.6 Å². The third-order valence-corrected chi connectivity index (χ3v) is 6.19. The Morgan fingerprint density at radius 3 is 2.60 bits per heavy atom. The number of aryl methyl sites for hydroxylation is 2. The van der Waals surface area contributed by atoms with Gasteiger partial charge in [0, 0.05) is 22.0 Å². The van der Waals surface area contributed by atoms with Crippen LogP contribution >= 0.6 is 0 Å². The highest BCUT2D eigenvalue weighted by Gasteiger charge is 2.27. The second kappa shape index (κ2) is 7.73. The molecule has 0 fully saturated rings. The van der Waals surface area contributed by atoms with Crippen LogP contribution in [0.5, 0.6) is 17.2 Å². The number of benzene rings is 2. The molecule has 0 saturated heterocycles. The van der Waals surface area contributed by atoms with Crippen molar-refractivity contribution in [3.05, 3.63) is 47.6 Å². The Labute approximate surface area is 198 Å². The zero-order valence-corrected chi connectivity index (χ0v) is 19.1. The number of methoxy groups -OCH3 is 1. The van der Waals surface area contributed by atoms with Crippen molar-refractivity contribution in [3.63, 3.8) is 0 Å². The summed E-state index contributed by atoms with van der Waals surface area (Å²) in [5.41, 5.74) is 5.17. The van der Waals surface area contributed by atoms with Gasteiger partial charge >= 0.3 is 5.97 Å². The molecule has 2 aromatic carbocycles. The van der Waals surface area contributed by atoms with E-state index in [1.807, 2.05) is 26.0 Å². The van der Waals surface area contributed by atoms with Gasteiger partial charge in [-0.2, -0.15) is 0 Å². The summed E-state index contributed by atoms with van der Waals surface area (Å²) >= 11 is 0. The van der Waals surface area contributed by atoms with Crippen molar-refractivity contribution in [2.24, 2.45) is 0 Å². The summed E-state index contributed by atoms with van der Waals surface area (Å²) in [5.74, 6) is 0.801. The van der Waals surface area contributed by atoms with E-state index < -0.39 is 5.97 Å². The number of rotatable bonds is 4. The van der Waals surface area contributed by atoms with E-state index in [1.54, 1.807) is 13.2 Å². The van der Waals surface area contributed by atoms with Crippen LogP contribution in [-0.4, -0.2) is 51.5 Å². The molecule has 0 bridgehead atoms. The maximum atomic E-state index is 11.7. The van der Waals surface area contributed by atoms with Gasteiger partial charge in [0.2, 0.25) is 0 Å². The minimum atomic E-state index is -1.09. The summed E-state index contributed by atoms with van der Waals surface area (Å²) in [6.45, 7) is 4.32. The number of nitrogens with one attached hydrogen (secondary N) is 1. The molecule has 1 aliphatic heterocycles. The van der Waals surface area contributed by atoms with E-state index in [9.17, 15) is 9.90 Å². The standard InChI is InChI=1S/C25H20N4O6/c1-11-19(12(2)35-29-11)16-8-17-15(9-18(16)32-3)20-21(26-10-27-24(20)28-17)13-4-5-14(25(30)31)23-22(13)33-6-7-34-23/h4-5,8-10H,6-7H2,1-3H3,(H,30,31)(H,26,27,28). The van der Waals surface area contributed by atoms with Crippen LogP contribution in [0.1, 0.15) is 21.8 Å². The molecule has 5 aromatic rings. The van der Waals surface area contributed by atoms with E-state index in [0.29, 0.717) is 40.8 Å². The lowest BCUT2D eigenvalue weighted by atomic mass is 9.99. The van der Waals surface area contributed by atoms with Gasteiger partial charge in [0.05, 0.1) is 29.4 Å². The molecule has 2 N–H and O–H groups in total. The Kier molecular flexibility index (Phi) is 4.63. The summed E-state index contributed by atoms with van der Waals surface area (Å²) in [4.78, 5) is 24.1. The Hall–Kier alpha value is -4.60. The number of H-pyrrole nitrogens is 1. The van der Waals surface area contributed by atoms with Gasteiger partial charge in [0.25, 0.3) is 0 Å². The highest BCUT2D eigenvalue weighted by molar-refractivity contribution is 6.14. The molecule has 0 spiro atoms. The Balaban J connectivity index is 1.64. The zero-order valence-electron chi connectivity index (χ0n) is 19.1. The number of hydrogen-bond donors (Lipinski definition) is 2. The summed E-state index contributed by atoms with van der Waals surface area (Å²) < 4.78 is 22.7. The molecule has 35 heavy (non-hydrogen) atoms. The molecule has 1 aliphatic rings. The molecular formula is C25H20N4O6. The van der Waals surface area contributed by atoms with E-state index in [-0.39, 0.29) is 17.9 Å². The first-order valence-corrected chi connectivity index (χ1v) is 10.9. The summed E-state index contributed by atoms with van der Waals surface area (Å²) in [5, 5.41) is 15.3. The van der Waals surface area contributed by atoms with Crippen LogP contribution in [0, 0.1) is 13.8 Å². The van der Waals surface area contributed by atoms with Gasteiger partial charge in [0.15, 0.2) is 11.5 Å². The number of carboxylic acids is 1. The molecule has 0 unspecified atom stereocenters. The molecular weight excluding hydrogens is 452 g/mol. The Bertz CT molecular complexity index is 1630. The fraction of sp³-hybridized carbons (Fsp3) is 0.200. The number of nitrogens with zero attached hydrogens (tertiary/aromatic N) is 3. The molecule has 0 saturated carbocycles. The molecule has 10 nitrogen and oxygen atoms in total. The number of aromatic nitrogens is 4. The normalized spacial score (nSPS) is 12.9. The number of aromatic carboxylic acids is 1. The van der Waals surface area contributed by atoms with Crippen molar-refractivity contribution in [1.82, 2.24) is 20.1 Å². The van der Waals surface area contributed by atoms with Crippen molar-refractivity contribution in [2.75, 3.05) is 20.3 Å². The predicted molar refractivity (Wildman–Crippen MR) is 126 cm³/mol. The third-order valence-electron chi connectivity index (χ3n) is 6.19. The minimum absolute atomic E-state index is 0.0402. The average molecular weight is 472 g/mol. The summed E-state index contributed by atoms with van der Waals surface area (Å²) in [6, 6.07) is 7.10. The molecule has 0 aliphatic carbocycles. The number of aromatic amines is 1. The molecule has 6 rings (SSSR count). The lowest BCUT2D eigenvalue weighted by Gasteiger charge is -2.22. The van der Waals surface area contributed by atoms with Crippen molar-refractivity contribution < 1.29 is 28.6 Å². The van der Waals surface area contributed by atoms with Gasteiger partial charge in [-0.15, -0.1) is 0 Å². The van der Waals surface area contributed by atoms with Crippen molar-refractivity contribution in [2.45, 2.75) is 13.8 Å². The second-order valence-corrected chi connectivity index (χ2v) is 8.19. The quantitative estimate of drug-likeness (QED) is 0.387. The number of hydrogen-bond acceptors (Lipinski definition) is 8. The first-order valence-electron chi connectivity index (χ1n) is 10.9. The first-order chi connectivity index (χ1) is 17.0. The maximum Gasteiger partial charge on any atom is 0.339 e. The molecule has 3 aromatic heterocycles. The lowest BCUT2D eigenvalue weighted by molar-refractivity contribution is 0.0686. The molecule has 0 radical (unpaired) electrons. The van der Waals surface area contributed by atoms with Crippen LogP contribution < -0.4 is 14.2 Å². The highest BCUT2D eigenvalue weighted by Crippen LogP contribution is 2.46. The van der Waals surface area contributed by atoms with Crippen LogP contribution in [0.15, 0.2) is 35.1 Å². The molecule has 4 heterocycles. The number of ether oxygens (including phenoxy) is 3. The monoisotopic (exact) mass is 472 g/mol. The van der Waals surface area contributed by atoms with E-state index in [2.05, 4.69) is 20.1 Å². The minimum Gasteiger partial charge on any atom is -0.496 e. The molecule has 176 valence electrons. The number of carboxylic acid groups (broad SMARTS) is 1. The van der Waals surface area contributed by atoms with E-state index in [1.165, 1.54) is 12.4 Å². The van der Waals surface area contributed by atoms with Gasteiger partial charge < -0.3 is 28.8 Å². The van der Waals surface area contributed by atoms with Gasteiger partial charge in [-0.3, -0.25) is 0 Å². The molecule has 10 heteroatoms. The largest absolute Gasteiger partial charge is 0.496 e.